The summed E-state index contributed by atoms with van der Waals surface area (Å²) in [6, 6.07) is 10.2. The van der Waals surface area contributed by atoms with E-state index in [4.69, 9.17) is 0 Å². The Kier molecular flexibility index (Phi) is 5.25. The van der Waals surface area contributed by atoms with Crippen molar-refractivity contribution in [3.63, 3.8) is 0 Å². The van der Waals surface area contributed by atoms with Crippen LogP contribution in [0.15, 0.2) is 42.9 Å². The van der Waals surface area contributed by atoms with Crippen LogP contribution < -0.4 is 10.0 Å². The average Bonchev–Trinajstić information content (AvgIpc) is 2.99. The Hall–Kier alpha value is -2.52. The van der Waals surface area contributed by atoms with E-state index in [1.54, 1.807) is 10.9 Å². The molecule has 2 N–H and O–H groups in total. The molecule has 0 aliphatic rings. The topological polar surface area (TPSA) is 102 Å². The Morgan fingerprint density at radius 3 is 2.68 bits per heavy atom. The minimum absolute atomic E-state index is 0.260. The van der Waals surface area contributed by atoms with E-state index in [1.807, 2.05) is 18.2 Å². The highest BCUT2D eigenvalue weighted by Gasteiger charge is 2.10. The second-order valence-corrected chi connectivity index (χ2v) is 7.49. The summed E-state index contributed by atoms with van der Waals surface area (Å²) in [5, 5.41) is 8.41. The van der Waals surface area contributed by atoms with Crippen molar-refractivity contribution in [1.29, 1.82) is 0 Å². The predicted molar refractivity (Wildman–Crippen MR) is 96.8 cm³/mol. The van der Waals surface area contributed by atoms with Crippen molar-refractivity contribution in [2.24, 2.45) is 0 Å². The Balaban J connectivity index is 1.66. The summed E-state index contributed by atoms with van der Waals surface area (Å²) in [6.07, 6.45) is 5.19. The Bertz CT molecular complexity index is 940. The fraction of sp³-hybridized carbons (Fsp3) is 0.312. The molecular formula is C16H20N6O2S. The molecule has 1 aromatic carbocycles. The predicted octanol–water partition coefficient (Wildman–Crippen LogP) is 1.03. The maximum absolute atomic E-state index is 11.1. The molecule has 0 atom stereocenters. The smallest absolute Gasteiger partial charge is 0.208 e. The van der Waals surface area contributed by atoms with Crippen LogP contribution in [0.4, 0.5) is 5.82 Å². The number of anilines is 1. The van der Waals surface area contributed by atoms with Gasteiger partial charge in [-0.3, -0.25) is 0 Å². The van der Waals surface area contributed by atoms with Crippen LogP contribution >= 0.6 is 0 Å². The molecular weight excluding hydrogens is 340 g/mol. The number of benzene rings is 1. The highest BCUT2D eigenvalue weighted by atomic mass is 32.2. The van der Waals surface area contributed by atoms with Crippen molar-refractivity contribution in [3.8, 4) is 0 Å². The first-order valence-electron chi connectivity index (χ1n) is 7.92. The van der Waals surface area contributed by atoms with Gasteiger partial charge in [0.2, 0.25) is 10.0 Å². The summed E-state index contributed by atoms with van der Waals surface area (Å²) in [5.74, 6) is 0.725. The normalized spacial score (nSPS) is 11.7. The summed E-state index contributed by atoms with van der Waals surface area (Å²) in [7, 11) is -3.21. The SMILES string of the molecule is CS(=O)(=O)NCCn1ncc2c(NCCc3ccccc3)ncnc21. The molecule has 25 heavy (non-hydrogen) atoms. The van der Waals surface area contributed by atoms with Gasteiger partial charge in [0, 0.05) is 13.1 Å². The van der Waals surface area contributed by atoms with E-state index < -0.39 is 10.0 Å². The molecule has 0 bridgehead atoms. The van der Waals surface area contributed by atoms with Gasteiger partial charge in [-0.25, -0.2) is 27.8 Å². The molecule has 0 unspecified atom stereocenters. The number of hydrogen-bond acceptors (Lipinski definition) is 6. The lowest BCUT2D eigenvalue weighted by Gasteiger charge is -2.07. The molecule has 0 saturated heterocycles. The standard InChI is InChI=1S/C16H20N6O2S/c1-25(23,24)21-9-10-22-16-14(11-20-22)15(18-12-19-16)17-8-7-13-5-3-2-4-6-13/h2-6,11-12,21H,7-10H2,1H3,(H,17,18,19). The zero-order chi connectivity index (χ0) is 17.7. The first-order chi connectivity index (χ1) is 12.0. The molecule has 3 aromatic rings. The number of aromatic nitrogens is 4. The third kappa shape index (κ3) is 4.74. The van der Waals surface area contributed by atoms with Crippen molar-refractivity contribution >= 4 is 26.9 Å². The molecule has 0 saturated carbocycles. The first kappa shape index (κ1) is 17.3. The van der Waals surface area contributed by atoms with Gasteiger partial charge in [0.1, 0.15) is 12.1 Å². The van der Waals surface area contributed by atoms with Gasteiger partial charge in [-0.15, -0.1) is 0 Å². The minimum atomic E-state index is -3.21. The van der Waals surface area contributed by atoms with Gasteiger partial charge >= 0.3 is 0 Å². The largest absolute Gasteiger partial charge is 0.369 e. The zero-order valence-electron chi connectivity index (χ0n) is 13.9. The third-order valence-corrected chi connectivity index (χ3v) is 4.40. The average molecular weight is 360 g/mol. The summed E-state index contributed by atoms with van der Waals surface area (Å²) in [5.41, 5.74) is 1.93. The van der Waals surface area contributed by atoms with Crippen molar-refractivity contribution in [3.05, 3.63) is 48.4 Å². The van der Waals surface area contributed by atoms with Crippen LogP contribution in [0.5, 0.6) is 0 Å². The summed E-state index contributed by atoms with van der Waals surface area (Å²) in [4.78, 5) is 8.54. The van der Waals surface area contributed by atoms with E-state index in [9.17, 15) is 8.42 Å². The number of sulfonamides is 1. The van der Waals surface area contributed by atoms with Crippen molar-refractivity contribution in [2.75, 3.05) is 24.7 Å². The van der Waals surface area contributed by atoms with Gasteiger partial charge < -0.3 is 5.32 Å². The maximum atomic E-state index is 11.1. The molecule has 0 amide bonds. The molecule has 2 aromatic heterocycles. The molecule has 132 valence electrons. The Morgan fingerprint density at radius 1 is 1.12 bits per heavy atom. The summed E-state index contributed by atoms with van der Waals surface area (Å²) < 4.78 is 26.4. The highest BCUT2D eigenvalue weighted by molar-refractivity contribution is 7.88. The number of rotatable bonds is 8. The van der Waals surface area contributed by atoms with Crippen LogP contribution in [0.1, 0.15) is 5.56 Å². The fourth-order valence-electron chi connectivity index (χ4n) is 2.50. The van der Waals surface area contributed by atoms with Crippen LogP contribution in [0, 0.1) is 0 Å². The van der Waals surface area contributed by atoms with Gasteiger partial charge in [0.15, 0.2) is 5.65 Å². The van der Waals surface area contributed by atoms with Gasteiger partial charge in [0.05, 0.1) is 24.4 Å². The van der Waals surface area contributed by atoms with E-state index >= 15 is 0 Å². The van der Waals surface area contributed by atoms with Crippen LogP contribution in [-0.4, -0.2) is 47.5 Å². The number of nitrogens with zero attached hydrogens (tertiary/aromatic N) is 4. The van der Waals surface area contributed by atoms with Crippen molar-refractivity contribution < 1.29 is 8.42 Å². The van der Waals surface area contributed by atoms with Crippen LogP contribution in [0.2, 0.25) is 0 Å². The zero-order valence-corrected chi connectivity index (χ0v) is 14.7. The molecule has 9 heteroatoms. The highest BCUT2D eigenvalue weighted by Crippen LogP contribution is 2.18. The Labute approximate surface area is 146 Å². The second-order valence-electron chi connectivity index (χ2n) is 5.66. The molecule has 8 nitrogen and oxygen atoms in total. The molecule has 0 fully saturated rings. The number of hydrogen-bond donors (Lipinski definition) is 2. The fourth-order valence-corrected chi connectivity index (χ4v) is 2.97. The van der Waals surface area contributed by atoms with E-state index in [1.165, 1.54) is 11.9 Å². The molecule has 2 heterocycles. The second kappa shape index (κ2) is 7.58. The molecule has 0 spiro atoms. The van der Waals surface area contributed by atoms with E-state index in [2.05, 4.69) is 37.2 Å². The van der Waals surface area contributed by atoms with E-state index in [-0.39, 0.29) is 6.54 Å². The first-order valence-corrected chi connectivity index (χ1v) is 9.81. The molecule has 0 aliphatic carbocycles. The van der Waals surface area contributed by atoms with E-state index in [0.717, 1.165) is 30.4 Å². The molecule has 3 rings (SSSR count). The summed E-state index contributed by atoms with van der Waals surface area (Å²) >= 11 is 0. The minimum Gasteiger partial charge on any atom is -0.369 e. The number of fused-ring (bicyclic) bond motifs is 1. The van der Waals surface area contributed by atoms with Gasteiger partial charge in [-0.1, -0.05) is 30.3 Å². The molecule has 0 aliphatic heterocycles. The lowest BCUT2D eigenvalue weighted by atomic mass is 10.1. The monoisotopic (exact) mass is 360 g/mol. The van der Waals surface area contributed by atoms with Crippen LogP contribution in [0.25, 0.3) is 11.0 Å². The van der Waals surface area contributed by atoms with E-state index in [0.29, 0.717) is 12.2 Å². The third-order valence-electron chi connectivity index (χ3n) is 3.67. The van der Waals surface area contributed by atoms with Crippen molar-refractivity contribution in [1.82, 2.24) is 24.5 Å². The maximum Gasteiger partial charge on any atom is 0.208 e. The van der Waals surface area contributed by atoms with Crippen LogP contribution in [0.3, 0.4) is 0 Å². The Morgan fingerprint density at radius 2 is 1.92 bits per heavy atom. The van der Waals surface area contributed by atoms with Crippen molar-refractivity contribution in [2.45, 2.75) is 13.0 Å². The number of nitrogens with one attached hydrogen (secondary N) is 2. The lowest BCUT2D eigenvalue weighted by molar-refractivity contribution is 0.569. The van der Waals surface area contributed by atoms with Gasteiger partial charge in [-0.05, 0) is 12.0 Å². The van der Waals surface area contributed by atoms with Gasteiger partial charge in [0.25, 0.3) is 0 Å². The van der Waals surface area contributed by atoms with Gasteiger partial charge in [-0.2, -0.15) is 5.10 Å². The van der Waals surface area contributed by atoms with Crippen LogP contribution in [-0.2, 0) is 23.0 Å². The lowest BCUT2D eigenvalue weighted by Crippen LogP contribution is -2.26. The summed E-state index contributed by atoms with van der Waals surface area (Å²) in [6.45, 7) is 1.41. The molecule has 0 radical (unpaired) electrons. The quantitative estimate of drug-likeness (QED) is 0.622.